The minimum absolute atomic E-state index is 0.667. The molecule has 2 rings (SSSR count). The Balaban J connectivity index is 0.000000160. The van der Waals surface area contributed by atoms with E-state index in [1.54, 1.807) is 11.3 Å². The highest BCUT2D eigenvalue weighted by Gasteiger charge is 1.97. The van der Waals surface area contributed by atoms with E-state index in [1.807, 2.05) is 20.8 Å². The second-order valence-corrected chi connectivity index (χ2v) is 7.02. The molecule has 0 unspecified atom stereocenters. The number of aromatic nitrogens is 2. The van der Waals surface area contributed by atoms with E-state index in [-0.39, 0.29) is 0 Å². The Morgan fingerprint density at radius 2 is 1.44 bits per heavy atom. The van der Waals surface area contributed by atoms with Crippen molar-refractivity contribution in [2.24, 2.45) is 0 Å². The second-order valence-electron chi connectivity index (χ2n) is 3.30. The summed E-state index contributed by atoms with van der Waals surface area (Å²) in [5.41, 5.74) is 7.56. The lowest BCUT2D eigenvalue weighted by Gasteiger charge is -1.77. The number of nitrogens with two attached hydrogens (primary N) is 1. The molecule has 0 saturated carbocycles. The van der Waals surface area contributed by atoms with Gasteiger partial charge in [-0.1, -0.05) is 0 Å². The van der Waals surface area contributed by atoms with Gasteiger partial charge in [-0.25, -0.2) is 9.97 Å². The predicted molar refractivity (Wildman–Crippen MR) is 75.3 cm³/mol. The average molecular weight is 320 g/mol. The number of nitrogens with zero attached hydrogens (tertiary/aromatic N) is 2. The molecule has 0 amide bonds. The van der Waals surface area contributed by atoms with Gasteiger partial charge in [0.2, 0.25) is 0 Å². The van der Waals surface area contributed by atoms with Crippen molar-refractivity contribution in [3.05, 3.63) is 25.1 Å². The van der Waals surface area contributed by atoms with E-state index in [0.717, 1.165) is 15.3 Å². The number of thiazole rings is 2. The van der Waals surface area contributed by atoms with Gasteiger partial charge in [-0.2, -0.15) is 0 Å². The third-order valence-electron chi connectivity index (χ3n) is 2.05. The Morgan fingerprint density at radius 3 is 1.56 bits per heavy atom. The molecule has 2 aromatic heterocycles. The molecule has 0 radical (unpaired) electrons. The van der Waals surface area contributed by atoms with Gasteiger partial charge in [0.05, 0.1) is 11.4 Å². The number of hydrogen-bond donors (Lipinski definition) is 1. The van der Waals surface area contributed by atoms with E-state index in [0.29, 0.717) is 5.13 Å². The summed E-state index contributed by atoms with van der Waals surface area (Å²) < 4.78 is 0.979. The first-order valence-electron chi connectivity index (χ1n) is 4.69. The lowest BCUT2D eigenvalue weighted by atomic mass is 10.4. The van der Waals surface area contributed by atoms with Crippen LogP contribution < -0.4 is 5.73 Å². The molecule has 3 nitrogen and oxygen atoms in total. The summed E-state index contributed by atoms with van der Waals surface area (Å²) in [5, 5.41) is 0.667. The van der Waals surface area contributed by atoms with Crippen LogP contribution in [-0.2, 0) is 0 Å². The SMILES string of the molecule is Cc1nc(Br)sc1C.Cc1nc(N)sc1C. The lowest BCUT2D eigenvalue weighted by Crippen LogP contribution is -1.80. The zero-order chi connectivity index (χ0) is 12.3. The molecule has 0 aliphatic rings. The van der Waals surface area contributed by atoms with Crippen molar-refractivity contribution < 1.29 is 0 Å². The minimum Gasteiger partial charge on any atom is -0.375 e. The van der Waals surface area contributed by atoms with Gasteiger partial charge >= 0.3 is 0 Å². The van der Waals surface area contributed by atoms with Crippen LogP contribution in [0.4, 0.5) is 5.13 Å². The van der Waals surface area contributed by atoms with E-state index in [4.69, 9.17) is 5.73 Å². The first-order chi connectivity index (χ1) is 7.40. The summed E-state index contributed by atoms with van der Waals surface area (Å²) in [6, 6.07) is 0. The maximum atomic E-state index is 5.39. The Morgan fingerprint density at radius 1 is 0.938 bits per heavy atom. The highest BCUT2D eigenvalue weighted by molar-refractivity contribution is 9.11. The molecule has 0 atom stereocenters. The molecule has 0 fully saturated rings. The number of hydrogen-bond acceptors (Lipinski definition) is 5. The second kappa shape index (κ2) is 5.75. The molecular formula is C10H14BrN3S2. The largest absolute Gasteiger partial charge is 0.375 e. The highest BCUT2D eigenvalue weighted by Crippen LogP contribution is 2.20. The number of rotatable bonds is 0. The fourth-order valence-corrected chi connectivity index (χ4v) is 3.24. The molecule has 0 spiro atoms. The van der Waals surface area contributed by atoms with Crippen LogP contribution in [-0.4, -0.2) is 9.97 Å². The quantitative estimate of drug-likeness (QED) is 0.802. The number of nitrogen functional groups attached to an aromatic ring is 1. The van der Waals surface area contributed by atoms with Crippen LogP contribution in [0.15, 0.2) is 3.92 Å². The van der Waals surface area contributed by atoms with Gasteiger partial charge in [-0.15, -0.1) is 22.7 Å². The summed E-state index contributed by atoms with van der Waals surface area (Å²) in [6.45, 7) is 8.06. The normalized spacial score (nSPS) is 9.81. The molecule has 16 heavy (non-hydrogen) atoms. The Kier molecular flexibility index (Phi) is 4.89. The minimum atomic E-state index is 0.667. The van der Waals surface area contributed by atoms with Gasteiger partial charge in [0.15, 0.2) is 9.05 Å². The van der Waals surface area contributed by atoms with Crippen LogP contribution in [0.1, 0.15) is 21.1 Å². The fourth-order valence-electron chi connectivity index (χ4n) is 0.931. The number of halogens is 1. The van der Waals surface area contributed by atoms with Crippen molar-refractivity contribution in [2.75, 3.05) is 5.73 Å². The monoisotopic (exact) mass is 319 g/mol. The molecule has 88 valence electrons. The van der Waals surface area contributed by atoms with Crippen LogP contribution in [0.25, 0.3) is 0 Å². The first kappa shape index (κ1) is 13.6. The molecule has 0 aliphatic carbocycles. The third kappa shape index (κ3) is 3.84. The lowest BCUT2D eigenvalue weighted by molar-refractivity contribution is 1.21. The van der Waals surface area contributed by atoms with Crippen molar-refractivity contribution >= 4 is 43.7 Å². The summed E-state index contributed by atoms with van der Waals surface area (Å²) >= 11 is 6.50. The van der Waals surface area contributed by atoms with Crippen molar-refractivity contribution in [1.82, 2.24) is 9.97 Å². The summed E-state index contributed by atoms with van der Waals surface area (Å²) in [7, 11) is 0. The number of aryl methyl sites for hydroxylation is 4. The molecule has 0 aliphatic heterocycles. The Labute approximate surface area is 112 Å². The van der Waals surface area contributed by atoms with Crippen molar-refractivity contribution in [1.29, 1.82) is 0 Å². The van der Waals surface area contributed by atoms with Gasteiger partial charge in [-0.3, -0.25) is 0 Å². The third-order valence-corrected chi connectivity index (χ3v) is 4.47. The van der Waals surface area contributed by atoms with Crippen LogP contribution in [0.5, 0.6) is 0 Å². The molecule has 2 heterocycles. The summed E-state index contributed by atoms with van der Waals surface area (Å²) in [4.78, 5) is 10.7. The van der Waals surface area contributed by atoms with E-state index in [2.05, 4.69) is 32.8 Å². The van der Waals surface area contributed by atoms with Crippen LogP contribution in [0, 0.1) is 27.7 Å². The molecule has 0 aromatic carbocycles. The predicted octanol–water partition coefficient (Wildman–Crippen LogP) is 3.86. The first-order valence-corrected chi connectivity index (χ1v) is 7.11. The fraction of sp³-hybridized carbons (Fsp3) is 0.400. The van der Waals surface area contributed by atoms with Crippen molar-refractivity contribution in [3.63, 3.8) is 0 Å². The average Bonchev–Trinajstić information content (AvgIpc) is 2.58. The van der Waals surface area contributed by atoms with Crippen LogP contribution >= 0.6 is 38.6 Å². The van der Waals surface area contributed by atoms with Gasteiger partial charge < -0.3 is 5.73 Å². The molecule has 0 saturated heterocycles. The zero-order valence-electron chi connectivity index (χ0n) is 9.67. The Hall–Kier alpha value is -0.460. The van der Waals surface area contributed by atoms with Gasteiger partial charge in [0, 0.05) is 9.75 Å². The van der Waals surface area contributed by atoms with E-state index >= 15 is 0 Å². The Bertz CT molecular complexity index is 393. The van der Waals surface area contributed by atoms with Crippen LogP contribution in [0.3, 0.4) is 0 Å². The summed E-state index contributed by atoms with van der Waals surface area (Å²) in [5.74, 6) is 0. The van der Waals surface area contributed by atoms with Crippen molar-refractivity contribution in [3.8, 4) is 0 Å². The maximum Gasteiger partial charge on any atom is 0.180 e. The number of anilines is 1. The summed E-state index contributed by atoms with van der Waals surface area (Å²) in [6.07, 6.45) is 0. The van der Waals surface area contributed by atoms with Crippen LogP contribution in [0.2, 0.25) is 0 Å². The van der Waals surface area contributed by atoms with E-state index < -0.39 is 0 Å². The molecule has 0 bridgehead atoms. The zero-order valence-corrected chi connectivity index (χ0v) is 12.9. The smallest absolute Gasteiger partial charge is 0.180 e. The molecule has 2 aromatic rings. The van der Waals surface area contributed by atoms with E-state index in [9.17, 15) is 0 Å². The standard InChI is InChI=1S/C5H6BrNS.C5H8N2S/c2*1-3-4(2)8-5(6)7-3/h1-2H3;1-2H3,(H2,6,7). The highest BCUT2D eigenvalue weighted by atomic mass is 79.9. The molecule has 2 N–H and O–H groups in total. The maximum absolute atomic E-state index is 5.39. The topological polar surface area (TPSA) is 51.8 Å². The molecular weight excluding hydrogens is 306 g/mol. The van der Waals surface area contributed by atoms with Gasteiger partial charge in [-0.05, 0) is 43.6 Å². The van der Waals surface area contributed by atoms with E-state index in [1.165, 1.54) is 21.1 Å². The molecule has 6 heteroatoms. The van der Waals surface area contributed by atoms with Gasteiger partial charge in [0.25, 0.3) is 0 Å². The van der Waals surface area contributed by atoms with Gasteiger partial charge in [0.1, 0.15) is 0 Å². The van der Waals surface area contributed by atoms with Crippen molar-refractivity contribution in [2.45, 2.75) is 27.7 Å².